The summed E-state index contributed by atoms with van der Waals surface area (Å²) >= 11 is 1.91. The second-order valence-electron chi connectivity index (χ2n) is 11.4. The molecule has 1 aliphatic carbocycles. The first-order valence-electron chi connectivity index (χ1n) is 13.9. The van der Waals surface area contributed by atoms with Gasteiger partial charge in [0.05, 0.1) is 26.9 Å². The number of fused-ring (bicyclic) bond motifs is 11. The molecule has 5 aromatic carbocycles. The molecule has 3 heteroatoms. The Morgan fingerprint density at radius 1 is 0.525 bits per heavy atom. The van der Waals surface area contributed by atoms with Crippen molar-refractivity contribution in [3.63, 3.8) is 0 Å². The Morgan fingerprint density at radius 3 is 1.90 bits per heavy atom. The molecule has 0 radical (unpaired) electrons. The first kappa shape index (κ1) is 22.2. The standard InChI is InChI=1S/C37H26N2S/c1-37(2)29-19-11-9-17-25(29)32-31(37)27-21-22-28-34(33(27)38(32)23-13-5-3-6-14-23)39(24-15-7-4-8-16-24)35-26-18-10-12-20-30(26)40-36(28)35/h3-22H,1-2H3. The summed E-state index contributed by atoms with van der Waals surface area (Å²) in [6, 6.07) is 44.4. The van der Waals surface area contributed by atoms with E-state index in [2.05, 4.69) is 144 Å². The Hall–Kier alpha value is -4.60. The van der Waals surface area contributed by atoms with Crippen molar-refractivity contribution in [2.24, 2.45) is 0 Å². The Morgan fingerprint density at radius 2 is 1.12 bits per heavy atom. The maximum Gasteiger partial charge on any atom is 0.0797 e. The summed E-state index contributed by atoms with van der Waals surface area (Å²) in [5, 5.41) is 3.96. The largest absolute Gasteiger partial charge is 0.307 e. The summed E-state index contributed by atoms with van der Waals surface area (Å²) in [6.45, 7) is 4.78. The maximum absolute atomic E-state index is 2.55. The fraction of sp³-hybridized carbons (Fsp3) is 0.0811. The fourth-order valence-corrected chi connectivity index (χ4v) is 8.46. The molecule has 3 aromatic heterocycles. The molecule has 9 rings (SSSR count). The van der Waals surface area contributed by atoms with Crippen LogP contribution in [0.15, 0.2) is 121 Å². The van der Waals surface area contributed by atoms with Crippen LogP contribution in [0.4, 0.5) is 0 Å². The number of aromatic nitrogens is 2. The van der Waals surface area contributed by atoms with Crippen molar-refractivity contribution < 1.29 is 0 Å². The highest BCUT2D eigenvalue weighted by Gasteiger charge is 2.41. The van der Waals surface area contributed by atoms with Gasteiger partial charge in [-0.2, -0.15) is 0 Å². The molecule has 0 bridgehead atoms. The summed E-state index contributed by atoms with van der Waals surface area (Å²) in [4.78, 5) is 0. The Bertz CT molecular complexity index is 2280. The van der Waals surface area contributed by atoms with Gasteiger partial charge in [0.25, 0.3) is 0 Å². The highest BCUT2D eigenvalue weighted by molar-refractivity contribution is 7.26. The van der Waals surface area contributed by atoms with Crippen LogP contribution >= 0.6 is 11.3 Å². The molecule has 0 saturated carbocycles. The molecule has 40 heavy (non-hydrogen) atoms. The Labute approximate surface area is 236 Å². The van der Waals surface area contributed by atoms with Gasteiger partial charge < -0.3 is 9.13 Å². The molecule has 0 aliphatic heterocycles. The van der Waals surface area contributed by atoms with E-state index < -0.39 is 0 Å². The van der Waals surface area contributed by atoms with Gasteiger partial charge in [-0.3, -0.25) is 0 Å². The molecule has 1 aliphatic rings. The van der Waals surface area contributed by atoms with Gasteiger partial charge in [0.15, 0.2) is 0 Å². The molecule has 2 nitrogen and oxygen atoms in total. The molecule has 0 unspecified atom stereocenters. The molecule has 0 saturated heterocycles. The van der Waals surface area contributed by atoms with Crippen molar-refractivity contribution in [3.8, 4) is 22.6 Å². The molecule has 0 spiro atoms. The fourth-order valence-electron chi connectivity index (χ4n) is 7.24. The van der Waals surface area contributed by atoms with E-state index in [4.69, 9.17) is 0 Å². The smallest absolute Gasteiger partial charge is 0.0797 e. The second kappa shape index (κ2) is 7.74. The number of para-hydroxylation sites is 2. The first-order chi connectivity index (χ1) is 19.6. The molecule has 3 heterocycles. The molecule has 8 aromatic rings. The van der Waals surface area contributed by atoms with Crippen LogP contribution in [0.2, 0.25) is 0 Å². The minimum absolute atomic E-state index is 0.105. The normalized spacial score (nSPS) is 13.9. The van der Waals surface area contributed by atoms with E-state index >= 15 is 0 Å². The average Bonchev–Trinajstić information content (AvgIpc) is 3.70. The van der Waals surface area contributed by atoms with Crippen LogP contribution in [-0.2, 0) is 5.41 Å². The zero-order chi connectivity index (χ0) is 26.6. The number of hydrogen-bond acceptors (Lipinski definition) is 1. The van der Waals surface area contributed by atoms with Gasteiger partial charge in [0.2, 0.25) is 0 Å². The number of hydrogen-bond donors (Lipinski definition) is 0. The van der Waals surface area contributed by atoms with Crippen LogP contribution < -0.4 is 0 Å². The zero-order valence-electron chi connectivity index (χ0n) is 22.3. The Kier molecular flexibility index (Phi) is 4.31. The number of nitrogens with zero attached hydrogens (tertiary/aromatic N) is 2. The lowest BCUT2D eigenvalue weighted by atomic mass is 9.81. The van der Waals surface area contributed by atoms with Crippen molar-refractivity contribution in [1.82, 2.24) is 9.13 Å². The van der Waals surface area contributed by atoms with E-state index in [1.165, 1.54) is 75.9 Å². The third-order valence-corrected chi connectivity index (χ3v) is 10.1. The van der Waals surface area contributed by atoms with E-state index in [1.807, 2.05) is 11.3 Å². The van der Waals surface area contributed by atoms with Gasteiger partial charge in [-0.1, -0.05) is 105 Å². The van der Waals surface area contributed by atoms with Crippen molar-refractivity contribution >= 4 is 53.4 Å². The van der Waals surface area contributed by atoms with Crippen molar-refractivity contribution in [2.45, 2.75) is 19.3 Å². The van der Waals surface area contributed by atoms with E-state index in [-0.39, 0.29) is 5.41 Å². The zero-order valence-corrected chi connectivity index (χ0v) is 23.2. The SMILES string of the molecule is CC1(C)c2ccccc2-c2c1c1ccc3c4sc5ccccc5c4n(-c4ccccc4)c3c1n2-c1ccccc1. The predicted octanol–water partition coefficient (Wildman–Crippen LogP) is 10.2. The van der Waals surface area contributed by atoms with Crippen LogP contribution in [0.25, 0.3) is 64.7 Å². The summed E-state index contributed by atoms with van der Waals surface area (Å²) in [6.07, 6.45) is 0. The van der Waals surface area contributed by atoms with Crippen LogP contribution in [0, 0.1) is 0 Å². The van der Waals surface area contributed by atoms with Gasteiger partial charge in [-0.25, -0.2) is 0 Å². The van der Waals surface area contributed by atoms with E-state index in [1.54, 1.807) is 0 Å². The third kappa shape index (κ3) is 2.68. The summed E-state index contributed by atoms with van der Waals surface area (Å²) in [5.41, 5.74) is 11.6. The van der Waals surface area contributed by atoms with Crippen LogP contribution in [0.1, 0.15) is 25.0 Å². The minimum Gasteiger partial charge on any atom is -0.307 e. The number of thiophene rings is 1. The van der Waals surface area contributed by atoms with Gasteiger partial charge >= 0.3 is 0 Å². The van der Waals surface area contributed by atoms with Crippen LogP contribution in [0.3, 0.4) is 0 Å². The lowest BCUT2D eigenvalue weighted by Crippen LogP contribution is -2.14. The third-order valence-electron chi connectivity index (χ3n) is 8.87. The van der Waals surface area contributed by atoms with Crippen molar-refractivity contribution in [3.05, 3.63) is 132 Å². The molecular weight excluding hydrogens is 504 g/mol. The molecule has 0 N–H and O–H groups in total. The number of benzene rings is 5. The first-order valence-corrected chi connectivity index (χ1v) is 14.7. The quantitative estimate of drug-likeness (QED) is 0.210. The van der Waals surface area contributed by atoms with E-state index in [9.17, 15) is 0 Å². The lowest BCUT2D eigenvalue weighted by molar-refractivity contribution is 0.666. The van der Waals surface area contributed by atoms with E-state index in [0.717, 1.165) is 0 Å². The summed E-state index contributed by atoms with van der Waals surface area (Å²) in [7, 11) is 0. The molecule has 0 fully saturated rings. The van der Waals surface area contributed by atoms with E-state index in [0.29, 0.717) is 0 Å². The average molecular weight is 531 g/mol. The summed E-state index contributed by atoms with van der Waals surface area (Å²) in [5.74, 6) is 0. The lowest BCUT2D eigenvalue weighted by Gasteiger charge is -2.21. The monoisotopic (exact) mass is 530 g/mol. The van der Waals surface area contributed by atoms with Crippen LogP contribution in [-0.4, -0.2) is 9.13 Å². The van der Waals surface area contributed by atoms with Gasteiger partial charge in [-0.15, -0.1) is 11.3 Å². The Balaban J connectivity index is 1.58. The van der Waals surface area contributed by atoms with Gasteiger partial charge in [0.1, 0.15) is 0 Å². The van der Waals surface area contributed by atoms with Gasteiger partial charge in [0, 0.05) is 43.2 Å². The molecule has 0 amide bonds. The molecular formula is C37H26N2S. The van der Waals surface area contributed by atoms with Crippen LogP contribution in [0.5, 0.6) is 0 Å². The predicted molar refractivity (Wildman–Crippen MR) is 171 cm³/mol. The second-order valence-corrected chi connectivity index (χ2v) is 12.4. The maximum atomic E-state index is 2.55. The minimum atomic E-state index is -0.105. The highest BCUT2D eigenvalue weighted by Crippen LogP contribution is 2.55. The highest BCUT2D eigenvalue weighted by atomic mass is 32.1. The topological polar surface area (TPSA) is 9.86 Å². The molecule has 0 atom stereocenters. The summed E-state index contributed by atoms with van der Waals surface area (Å²) < 4.78 is 7.75. The van der Waals surface area contributed by atoms with Crippen molar-refractivity contribution in [2.75, 3.05) is 0 Å². The molecule has 190 valence electrons. The van der Waals surface area contributed by atoms with Gasteiger partial charge in [-0.05, 0) is 41.5 Å². The van der Waals surface area contributed by atoms with Crippen molar-refractivity contribution in [1.29, 1.82) is 0 Å². The number of rotatable bonds is 2.